The van der Waals surface area contributed by atoms with Crippen molar-refractivity contribution in [1.82, 2.24) is 20.1 Å². The maximum Gasteiger partial charge on any atom is 0.245 e. The zero-order valence-corrected chi connectivity index (χ0v) is 12.0. The molecule has 1 saturated heterocycles. The van der Waals surface area contributed by atoms with Gasteiger partial charge in [-0.2, -0.15) is 4.98 Å². The molecule has 1 N–H and O–H groups in total. The SMILES string of the molecule is CC(C)N(c1n[nH]c(CN2CCCC2)n1)C(C)C. The van der Waals surface area contributed by atoms with Crippen LogP contribution in [0.15, 0.2) is 0 Å². The molecule has 2 rings (SSSR count). The van der Waals surface area contributed by atoms with Crippen LogP contribution in [0.4, 0.5) is 5.95 Å². The van der Waals surface area contributed by atoms with Gasteiger partial charge in [0.2, 0.25) is 5.95 Å². The van der Waals surface area contributed by atoms with Gasteiger partial charge in [0.05, 0.1) is 6.54 Å². The summed E-state index contributed by atoms with van der Waals surface area (Å²) in [4.78, 5) is 9.30. The highest BCUT2D eigenvalue weighted by atomic mass is 15.4. The Morgan fingerprint density at radius 3 is 2.33 bits per heavy atom. The molecule has 0 bridgehead atoms. The van der Waals surface area contributed by atoms with Gasteiger partial charge in [0.15, 0.2) is 0 Å². The first-order chi connectivity index (χ1) is 8.58. The van der Waals surface area contributed by atoms with Crippen molar-refractivity contribution in [2.75, 3.05) is 18.0 Å². The van der Waals surface area contributed by atoms with Crippen LogP contribution in [0.3, 0.4) is 0 Å². The third kappa shape index (κ3) is 3.02. The number of aromatic nitrogens is 3. The van der Waals surface area contributed by atoms with Crippen LogP contribution in [-0.4, -0.2) is 45.3 Å². The smallest absolute Gasteiger partial charge is 0.245 e. The molecule has 0 amide bonds. The minimum atomic E-state index is 0.417. The number of nitrogens with zero attached hydrogens (tertiary/aromatic N) is 4. The van der Waals surface area contributed by atoms with E-state index >= 15 is 0 Å². The minimum Gasteiger partial charge on any atom is -0.335 e. The molecular formula is C13H25N5. The molecule has 0 aromatic carbocycles. The number of hydrogen-bond donors (Lipinski definition) is 1. The molecule has 2 heterocycles. The molecule has 0 radical (unpaired) electrons. The van der Waals surface area contributed by atoms with Crippen molar-refractivity contribution in [1.29, 1.82) is 0 Å². The van der Waals surface area contributed by atoms with Crippen molar-refractivity contribution >= 4 is 5.95 Å². The van der Waals surface area contributed by atoms with E-state index in [-0.39, 0.29) is 0 Å². The van der Waals surface area contributed by atoms with Crippen molar-refractivity contribution in [2.24, 2.45) is 0 Å². The molecule has 1 aromatic rings. The number of rotatable bonds is 5. The number of likely N-dealkylation sites (tertiary alicyclic amines) is 1. The van der Waals surface area contributed by atoms with Crippen LogP contribution < -0.4 is 4.90 Å². The second kappa shape index (κ2) is 5.69. The molecule has 5 nitrogen and oxygen atoms in total. The van der Waals surface area contributed by atoms with Gasteiger partial charge >= 0.3 is 0 Å². The van der Waals surface area contributed by atoms with E-state index in [0.717, 1.165) is 18.3 Å². The summed E-state index contributed by atoms with van der Waals surface area (Å²) in [5.41, 5.74) is 0. The summed E-state index contributed by atoms with van der Waals surface area (Å²) in [5.74, 6) is 1.81. The van der Waals surface area contributed by atoms with E-state index in [1.54, 1.807) is 0 Å². The van der Waals surface area contributed by atoms with E-state index in [1.165, 1.54) is 25.9 Å². The van der Waals surface area contributed by atoms with Crippen molar-refractivity contribution in [3.8, 4) is 0 Å². The van der Waals surface area contributed by atoms with Crippen LogP contribution in [0.1, 0.15) is 46.4 Å². The lowest BCUT2D eigenvalue weighted by molar-refractivity contribution is 0.323. The monoisotopic (exact) mass is 251 g/mol. The topological polar surface area (TPSA) is 48.1 Å². The molecule has 1 aliphatic rings. The van der Waals surface area contributed by atoms with Gasteiger partial charge in [0.1, 0.15) is 5.82 Å². The Hall–Kier alpha value is -1.10. The molecule has 0 saturated carbocycles. The first-order valence-electron chi connectivity index (χ1n) is 7.00. The van der Waals surface area contributed by atoms with Crippen molar-refractivity contribution in [3.05, 3.63) is 5.82 Å². The number of anilines is 1. The highest BCUT2D eigenvalue weighted by Crippen LogP contribution is 2.16. The van der Waals surface area contributed by atoms with Gasteiger partial charge in [-0.25, -0.2) is 0 Å². The third-order valence-corrected chi connectivity index (χ3v) is 3.44. The van der Waals surface area contributed by atoms with E-state index in [9.17, 15) is 0 Å². The standard InChI is InChI=1S/C13H25N5/c1-10(2)18(11(3)4)13-14-12(15-16-13)9-17-7-5-6-8-17/h10-11H,5-9H2,1-4H3,(H,14,15,16). The quantitative estimate of drug-likeness (QED) is 0.870. The van der Waals surface area contributed by atoms with Crippen molar-refractivity contribution < 1.29 is 0 Å². The lowest BCUT2D eigenvalue weighted by Crippen LogP contribution is -2.37. The second-order valence-electron chi connectivity index (χ2n) is 5.66. The van der Waals surface area contributed by atoms with Gasteiger partial charge in [-0.05, 0) is 53.6 Å². The fourth-order valence-electron chi connectivity index (χ4n) is 2.68. The molecule has 0 unspecified atom stereocenters. The Bertz CT molecular complexity index is 357. The highest BCUT2D eigenvalue weighted by Gasteiger charge is 2.20. The van der Waals surface area contributed by atoms with E-state index in [2.05, 4.69) is 52.7 Å². The van der Waals surface area contributed by atoms with Crippen LogP contribution in [-0.2, 0) is 6.54 Å². The molecule has 5 heteroatoms. The van der Waals surface area contributed by atoms with Crippen molar-refractivity contribution in [3.63, 3.8) is 0 Å². The van der Waals surface area contributed by atoms with Crippen molar-refractivity contribution in [2.45, 2.75) is 59.2 Å². The Balaban J connectivity index is 2.03. The summed E-state index contributed by atoms with van der Waals surface area (Å²) in [5, 5.41) is 7.44. The van der Waals surface area contributed by atoms with Gasteiger partial charge < -0.3 is 4.90 Å². The molecule has 18 heavy (non-hydrogen) atoms. The molecule has 102 valence electrons. The Labute approximate surface area is 110 Å². The Kier molecular flexibility index (Phi) is 4.22. The van der Waals surface area contributed by atoms with Gasteiger partial charge in [-0.15, -0.1) is 5.10 Å². The van der Waals surface area contributed by atoms with E-state index in [0.29, 0.717) is 12.1 Å². The van der Waals surface area contributed by atoms with Crippen LogP contribution >= 0.6 is 0 Å². The molecule has 0 atom stereocenters. The summed E-state index contributed by atoms with van der Waals surface area (Å²) in [6, 6.07) is 0.834. The summed E-state index contributed by atoms with van der Waals surface area (Å²) < 4.78 is 0. The average Bonchev–Trinajstić information content (AvgIpc) is 2.90. The molecule has 1 fully saturated rings. The first-order valence-corrected chi connectivity index (χ1v) is 7.00. The van der Waals surface area contributed by atoms with Crippen LogP contribution in [0.2, 0.25) is 0 Å². The summed E-state index contributed by atoms with van der Waals surface area (Å²) >= 11 is 0. The van der Waals surface area contributed by atoms with Gasteiger partial charge in [0.25, 0.3) is 0 Å². The second-order valence-corrected chi connectivity index (χ2v) is 5.66. The molecule has 0 spiro atoms. The summed E-state index contributed by atoms with van der Waals surface area (Å²) in [6.45, 7) is 12.0. The van der Waals surface area contributed by atoms with Crippen LogP contribution in [0.25, 0.3) is 0 Å². The number of aromatic amines is 1. The fourth-order valence-corrected chi connectivity index (χ4v) is 2.68. The molecule has 1 aromatic heterocycles. The fraction of sp³-hybridized carbons (Fsp3) is 0.846. The van der Waals surface area contributed by atoms with Gasteiger partial charge in [-0.3, -0.25) is 10.00 Å². The summed E-state index contributed by atoms with van der Waals surface area (Å²) in [7, 11) is 0. The zero-order valence-electron chi connectivity index (χ0n) is 12.0. The van der Waals surface area contributed by atoms with Gasteiger partial charge in [-0.1, -0.05) is 0 Å². The molecular weight excluding hydrogens is 226 g/mol. The maximum absolute atomic E-state index is 4.63. The predicted octanol–water partition coefficient (Wildman–Crippen LogP) is 2.02. The zero-order chi connectivity index (χ0) is 13.1. The predicted molar refractivity (Wildman–Crippen MR) is 73.6 cm³/mol. The normalized spacial score (nSPS) is 17.0. The molecule has 0 aliphatic carbocycles. The number of H-pyrrole nitrogens is 1. The van der Waals surface area contributed by atoms with Crippen LogP contribution in [0.5, 0.6) is 0 Å². The first kappa shape index (κ1) is 13.3. The molecule has 1 aliphatic heterocycles. The highest BCUT2D eigenvalue weighted by molar-refractivity contribution is 5.31. The lowest BCUT2D eigenvalue weighted by Gasteiger charge is -2.29. The van der Waals surface area contributed by atoms with E-state index in [4.69, 9.17) is 0 Å². The largest absolute Gasteiger partial charge is 0.335 e. The maximum atomic E-state index is 4.63. The third-order valence-electron chi connectivity index (χ3n) is 3.44. The lowest BCUT2D eigenvalue weighted by atomic mass is 10.2. The number of nitrogens with one attached hydrogen (secondary N) is 1. The van der Waals surface area contributed by atoms with Gasteiger partial charge in [0, 0.05) is 12.1 Å². The Morgan fingerprint density at radius 2 is 1.78 bits per heavy atom. The average molecular weight is 251 g/mol. The summed E-state index contributed by atoms with van der Waals surface area (Å²) in [6.07, 6.45) is 2.62. The number of hydrogen-bond acceptors (Lipinski definition) is 4. The minimum absolute atomic E-state index is 0.417. The Morgan fingerprint density at radius 1 is 1.17 bits per heavy atom. The van der Waals surface area contributed by atoms with E-state index < -0.39 is 0 Å². The van der Waals surface area contributed by atoms with E-state index in [1.807, 2.05) is 0 Å². The van der Waals surface area contributed by atoms with Crippen LogP contribution in [0, 0.1) is 0 Å².